The van der Waals surface area contributed by atoms with Crippen LogP contribution in [-0.4, -0.2) is 20.4 Å². The molecule has 4 nitrogen and oxygen atoms in total. The van der Waals surface area contributed by atoms with Crippen molar-refractivity contribution < 1.29 is 8.42 Å². The number of rotatable bonds is 2. The number of nitrogens with zero attached hydrogens (tertiary/aromatic N) is 1. The lowest BCUT2D eigenvalue weighted by Crippen LogP contribution is -2.19. The van der Waals surface area contributed by atoms with Crippen molar-refractivity contribution in [1.29, 1.82) is 0 Å². The number of nitrogens with one attached hydrogen (secondary N) is 1. The molecule has 1 N–H and O–H groups in total. The van der Waals surface area contributed by atoms with Crippen LogP contribution in [0.1, 0.15) is 5.69 Å². The first-order chi connectivity index (χ1) is 5.58. The van der Waals surface area contributed by atoms with Crippen molar-refractivity contribution >= 4 is 10.0 Å². The molecule has 0 amide bonds. The molecular formula is C7H10N2O2S. The van der Waals surface area contributed by atoms with Crippen LogP contribution in [0.5, 0.6) is 0 Å². The molecule has 1 aromatic rings. The van der Waals surface area contributed by atoms with Crippen molar-refractivity contribution in [3.8, 4) is 0 Å². The van der Waals surface area contributed by atoms with E-state index in [4.69, 9.17) is 0 Å². The number of sulfonamides is 1. The molecule has 0 radical (unpaired) electrons. The van der Waals surface area contributed by atoms with Crippen molar-refractivity contribution in [2.24, 2.45) is 0 Å². The minimum Gasteiger partial charge on any atom is -0.260 e. The van der Waals surface area contributed by atoms with E-state index < -0.39 is 10.0 Å². The highest BCUT2D eigenvalue weighted by atomic mass is 32.2. The fourth-order valence-corrected chi connectivity index (χ4v) is 1.78. The van der Waals surface area contributed by atoms with Crippen molar-refractivity contribution in [1.82, 2.24) is 9.71 Å². The maximum atomic E-state index is 11.3. The highest BCUT2D eigenvalue weighted by Crippen LogP contribution is 2.09. The number of aromatic nitrogens is 1. The van der Waals surface area contributed by atoms with Crippen molar-refractivity contribution in [2.75, 3.05) is 7.05 Å². The Morgan fingerprint density at radius 1 is 1.50 bits per heavy atom. The van der Waals surface area contributed by atoms with Crippen LogP contribution in [0.25, 0.3) is 0 Å². The van der Waals surface area contributed by atoms with Gasteiger partial charge in [-0.2, -0.15) is 0 Å². The number of hydrogen-bond acceptors (Lipinski definition) is 3. The molecule has 1 rings (SSSR count). The molecule has 0 aliphatic rings. The average molecular weight is 186 g/mol. The first-order valence-corrected chi connectivity index (χ1v) is 4.91. The van der Waals surface area contributed by atoms with Crippen LogP contribution < -0.4 is 4.72 Å². The molecule has 0 fully saturated rings. The van der Waals surface area contributed by atoms with Gasteiger partial charge in [-0.25, -0.2) is 13.1 Å². The second-order valence-electron chi connectivity index (χ2n) is 2.29. The van der Waals surface area contributed by atoms with Crippen LogP contribution in [0.15, 0.2) is 23.2 Å². The van der Waals surface area contributed by atoms with E-state index in [1.54, 1.807) is 19.2 Å². The van der Waals surface area contributed by atoms with Gasteiger partial charge in [-0.05, 0) is 26.1 Å². The molecule has 1 heterocycles. The van der Waals surface area contributed by atoms with E-state index >= 15 is 0 Å². The predicted molar refractivity (Wildman–Crippen MR) is 45.2 cm³/mol. The van der Waals surface area contributed by atoms with E-state index in [-0.39, 0.29) is 4.90 Å². The molecule has 66 valence electrons. The van der Waals surface area contributed by atoms with E-state index in [1.165, 1.54) is 13.1 Å². The van der Waals surface area contributed by atoms with Gasteiger partial charge in [0.15, 0.2) is 0 Å². The third kappa shape index (κ3) is 1.62. The van der Waals surface area contributed by atoms with Gasteiger partial charge in [0.05, 0.1) is 5.69 Å². The summed E-state index contributed by atoms with van der Waals surface area (Å²) in [5.41, 5.74) is 0.506. The Bertz CT molecular complexity index is 373. The second-order valence-corrected chi connectivity index (χ2v) is 4.15. The number of pyridine rings is 1. The summed E-state index contributed by atoms with van der Waals surface area (Å²) in [6.45, 7) is 1.66. The topological polar surface area (TPSA) is 59.1 Å². The van der Waals surface area contributed by atoms with Crippen molar-refractivity contribution in [2.45, 2.75) is 11.8 Å². The average Bonchev–Trinajstić information content (AvgIpc) is 2.05. The van der Waals surface area contributed by atoms with E-state index in [9.17, 15) is 8.42 Å². The minimum absolute atomic E-state index is 0.229. The largest absolute Gasteiger partial charge is 0.260 e. The van der Waals surface area contributed by atoms with Crippen LogP contribution in [0.3, 0.4) is 0 Å². The van der Waals surface area contributed by atoms with Crippen molar-refractivity contribution in [3.63, 3.8) is 0 Å². The fraction of sp³-hybridized carbons (Fsp3) is 0.286. The van der Waals surface area contributed by atoms with Gasteiger partial charge in [0.25, 0.3) is 0 Å². The van der Waals surface area contributed by atoms with Gasteiger partial charge < -0.3 is 0 Å². The van der Waals surface area contributed by atoms with Crippen LogP contribution in [0.2, 0.25) is 0 Å². The predicted octanol–water partition coefficient (Wildman–Crippen LogP) is 0.298. The highest BCUT2D eigenvalue weighted by molar-refractivity contribution is 7.89. The Morgan fingerprint density at radius 2 is 2.17 bits per heavy atom. The minimum atomic E-state index is -3.34. The fourth-order valence-electron chi connectivity index (χ4n) is 0.863. The molecule has 1 aromatic heterocycles. The zero-order valence-electron chi connectivity index (χ0n) is 6.90. The van der Waals surface area contributed by atoms with Crippen LogP contribution in [-0.2, 0) is 10.0 Å². The van der Waals surface area contributed by atoms with E-state index in [2.05, 4.69) is 9.71 Å². The van der Waals surface area contributed by atoms with Gasteiger partial charge in [-0.15, -0.1) is 0 Å². The van der Waals surface area contributed by atoms with Crippen LogP contribution in [0, 0.1) is 6.92 Å². The molecule has 0 saturated heterocycles. The summed E-state index contributed by atoms with van der Waals surface area (Å²) in [4.78, 5) is 4.10. The molecule has 12 heavy (non-hydrogen) atoms. The molecule has 5 heteroatoms. The summed E-state index contributed by atoms with van der Waals surface area (Å²) in [6.07, 6.45) is 1.56. The molecule has 0 aliphatic carbocycles. The standard InChI is InChI=1S/C7H10N2O2S/c1-6-7(4-3-5-9-6)12(10,11)8-2/h3-5,8H,1-2H3. The molecule has 0 spiro atoms. The van der Waals surface area contributed by atoms with Gasteiger partial charge in [0, 0.05) is 6.20 Å². The number of hydrogen-bond donors (Lipinski definition) is 1. The number of aryl methyl sites for hydroxylation is 1. The molecule has 0 atom stereocenters. The Balaban J connectivity index is 3.30. The zero-order chi connectivity index (χ0) is 9.19. The molecule has 0 unspecified atom stereocenters. The molecule has 0 saturated carbocycles. The summed E-state index contributed by atoms with van der Waals surface area (Å²) >= 11 is 0. The van der Waals surface area contributed by atoms with E-state index in [0.29, 0.717) is 5.69 Å². The van der Waals surface area contributed by atoms with E-state index in [1.807, 2.05) is 0 Å². The summed E-state index contributed by atoms with van der Waals surface area (Å²) < 4.78 is 24.8. The van der Waals surface area contributed by atoms with Gasteiger partial charge in [-0.1, -0.05) is 0 Å². The Kier molecular flexibility index (Phi) is 2.44. The monoisotopic (exact) mass is 186 g/mol. The second kappa shape index (κ2) is 3.20. The van der Waals surface area contributed by atoms with Gasteiger partial charge in [0.2, 0.25) is 10.0 Å². The Morgan fingerprint density at radius 3 is 2.67 bits per heavy atom. The summed E-state index contributed by atoms with van der Waals surface area (Å²) in [6, 6.07) is 3.12. The smallest absolute Gasteiger partial charge is 0.242 e. The maximum Gasteiger partial charge on any atom is 0.242 e. The van der Waals surface area contributed by atoms with Gasteiger partial charge in [0.1, 0.15) is 4.90 Å². The lowest BCUT2D eigenvalue weighted by atomic mass is 10.4. The quantitative estimate of drug-likeness (QED) is 0.722. The van der Waals surface area contributed by atoms with Crippen LogP contribution >= 0.6 is 0 Å². The van der Waals surface area contributed by atoms with Crippen LogP contribution in [0.4, 0.5) is 0 Å². The van der Waals surface area contributed by atoms with Gasteiger partial charge >= 0.3 is 0 Å². The molecule has 0 aromatic carbocycles. The van der Waals surface area contributed by atoms with E-state index in [0.717, 1.165) is 0 Å². The molecular weight excluding hydrogens is 176 g/mol. The first kappa shape index (κ1) is 9.15. The van der Waals surface area contributed by atoms with Gasteiger partial charge in [-0.3, -0.25) is 4.98 Å². The first-order valence-electron chi connectivity index (χ1n) is 3.43. The SMILES string of the molecule is CNS(=O)(=O)c1cccnc1C. The Hall–Kier alpha value is -0.940. The summed E-state index contributed by atoms with van der Waals surface area (Å²) in [5, 5.41) is 0. The summed E-state index contributed by atoms with van der Waals surface area (Å²) in [5.74, 6) is 0. The Labute approximate surface area is 71.7 Å². The molecule has 0 bridgehead atoms. The third-order valence-electron chi connectivity index (χ3n) is 1.52. The lowest BCUT2D eigenvalue weighted by molar-refractivity contribution is 0.587. The summed E-state index contributed by atoms with van der Waals surface area (Å²) in [7, 11) is -1.96. The van der Waals surface area contributed by atoms with Crippen molar-refractivity contribution in [3.05, 3.63) is 24.0 Å². The highest BCUT2D eigenvalue weighted by Gasteiger charge is 2.13. The third-order valence-corrected chi connectivity index (χ3v) is 3.06. The lowest BCUT2D eigenvalue weighted by Gasteiger charge is -2.03. The zero-order valence-corrected chi connectivity index (χ0v) is 7.72. The normalized spacial score (nSPS) is 11.5. The molecule has 0 aliphatic heterocycles. The maximum absolute atomic E-state index is 11.3.